The first-order valence-corrected chi connectivity index (χ1v) is 6.70. The van der Waals surface area contributed by atoms with Gasteiger partial charge in [-0.15, -0.1) is 0 Å². The van der Waals surface area contributed by atoms with E-state index in [1.807, 2.05) is 24.3 Å². The smallest absolute Gasteiger partial charge is 0.193 e. The van der Waals surface area contributed by atoms with E-state index in [2.05, 4.69) is 31.1 Å². The molecule has 0 saturated heterocycles. The Kier molecular flexibility index (Phi) is 3.69. The van der Waals surface area contributed by atoms with Crippen LogP contribution < -0.4 is 15.8 Å². The molecule has 4 nitrogen and oxygen atoms in total. The number of nitrogens with one attached hydrogen (secondary N) is 1. The van der Waals surface area contributed by atoms with E-state index in [0.717, 1.165) is 17.9 Å². The largest absolute Gasteiger partial charge is 0.497 e. The van der Waals surface area contributed by atoms with Gasteiger partial charge in [-0.1, -0.05) is 26.8 Å². The van der Waals surface area contributed by atoms with Crippen molar-refractivity contribution in [2.75, 3.05) is 12.4 Å². The van der Waals surface area contributed by atoms with Crippen molar-refractivity contribution in [3.63, 3.8) is 0 Å². The number of methoxy groups -OCH3 is 1. The van der Waals surface area contributed by atoms with Gasteiger partial charge in [0.25, 0.3) is 0 Å². The maximum Gasteiger partial charge on any atom is 0.193 e. The molecule has 0 aromatic heterocycles. The summed E-state index contributed by atoms with van der Waals surface area (Å²) in [5.41, 5.74) is 7.16. The average Bonchev–Trinajstić information content (AvgIpc) is 3.01. The third kappa shape index (κ3) is 3.00. The number of anilines is 1. The van der Waals surface area contributed by atoms with Gasteiger partial charge >= 0.3 is 0 Å². The zero-order chi connectivity index (χ0) is 14.0. The standard InChI is InChI=1S/C15H23N3O/c1-10(2)15(3)9-13(15)18-14(16)17-11-6-5-7-12(8-11)19-4/h5-8,10,13H,9H2,1-4H3,(H3,16,17,18). The molecule has 1 aromatic carbocycles. The molecule has 0 radical (unpaired) electrons. The summed E-state index contributed by atoms with van der Waals surface area (Å²) in [5, 5.41) is 3.11. The van der Waals surface area contributed by atoms with Crippen LogP contribution >= 0.6 is 0 Å². The molecule has 1 aliphatic rings. The summed E-state index contributed by atoms with van der Waals surface area (Å²) in [7, 11) is 1.65. The Morgan fingerprint density at radius 2 is 2.26 bits per heavy atom. The molecule has 1 fully saturated rings. The van der Waals surface area contributed by atoms with Gasteiger partial charge in [0.05, 0.1) is 13.2 Å². The molecule has 1 saturated carbocycles. The number of guanidine groups is 1. The van der Waals surface area contributed by atoms with E-state index >= 15 is 0 Å². The molecule has 19 heavy (non-hydrogen) atoms. The van der Waals surface area contributed by atoms with E-state index in [4.69, 9.17) is 10.5 Å². The summed E-state index contributed by atoms with van der Waals surface area (Å²) < 4.78 is 5.17. The van der Waals surface area contributed by atoms with Crippen LogP contribution in [0.3, 0.4) is 0 Å². The normalized spacial score (nSPS) is 26.4. The Bertz CT molecular complexity index is 484. The maximum absolute atomic E-state index is 5.96. The Labute approximate surface area is 115 Å². The summed E-state index contributed by atoms with van der Waals surface area (Å²) in [6.45, 7) is 6.74. The predicted molar refractivity (Wildman–Crippen MR) is 79.6 cm³/mol. The summed E-state index contributed by atoms with van der Waals surface area (Å²) in [6, 6.07) is 8.00. The van der Waals surface area contributed by atoms with Crippen LogP contribution in [0.4, 0.5) is 5.69 Å². The number of nitrogens with two attached hydrogens (primary N) is 1. The Balaban J connectivity index is 2.00. The molecule has 0 spiro atoms. The number of aliphatic imine (C=N–C) groups is 1. The van der Waals surface area contributed by atoms with Crippen molar-refractivity contribution < 1.29 is 4.74 Å². The lowest BCUT2D eigenvalue weighted by molar-refractivity contribution is 0.383. The summed E-state index contributed by atoms with van der Waals surface area (Å²) in [4.78, 5) is 4.56. The van der Waals surface area contributed by atoms with Gasteiger partial charge in [0.15, 0.2) is 5.96 Å². The zero-order valence-electron chi connectivity index (χ0n) is 12.1. The monoisotopic (exact) mass is 261 g/mol. The highest BCUT2D eigenvalue weighted by Crippen LogP contribution is 2.53. The Morgan fingerprint density at radius 3 is 2.84 bits per heavy atom. The van der Waals surface area contributed by atoms with E-state index in [1.54, 1.807) is 7.11 Å². The highest BCUT2D eigenvalue weighted by molar-refractivity contribution is 5.92. The van der Waals surface area contributed by atoms with Gasteiger partial charge in [-0.05, 0) is 29.9 Å². The van der Waals surface area contributed by atoms with E-state index in [-0.39, 0.29) is 0 Å². The summed E-state index contributed by atoms with van der Waals surface area (Å²) in [6.07, 6.45) is 1.12. The minimum absolute atomic E-state index is 0.306. The van der Waals surface area contributed by atoms with E-state index in [0.29, 0.717) is 23.3 Å². The van der Waals surface area contributed by atoms with Crippen molar-refractivity contribution >= 4 is 11.6 Å². The molecule has 0 amide bonds. The van der Waals surface area contributed by atoms with Crippen LogP contribution in [-0.2, 0) is 0 Å². The lowest BCUT2D eigenvalue weighted by Crippen LogP contribution is -2.24. The number of hydrogen-bond acceptors (Lipinski definition) is 2. The van der Waals surface area contributed by atoms with Crippen LogP contribution in [-0.4, -0.2) is 19.1 Å². The lowest BCUT2D eigenvalue weighted by atomic mass is 9.94. The van der Waals surface area contributed by atoms with Crippen LogP contribution in [0, 0.1) is 11.3 Å². The third-order valence-corrected chi connectivity index (χ3v) is 4.19. The molecule has 2 atom stereocenters. The van der Waals surface area contributed by atoms with Crippen molar-refractivity contribution in [1.82, 2.24) is 0 Å². The molecule has 2 rings (SSSR count). The number of ether oxygens (including phenoxy) is 1. The highest BCUT2D eigenvalue weighted by atomic mass is 16.5. The van der Waals surface area contributed by atoms with Gasteiger partial charge < -0.3 is 15.8 Å². The van der Waals surface area contributed by atoms with E-state index in [1.165, 1.54) is 0 Å². The van der Waals surface area contributed by atoms with Gasteiger partial charge in [-0.25, -0.2) is 4.99 Å². The first-order valence-electron chi connectivity index (χ1n) is 6.70. The number of rotatable bonds is 4. The summed E-state index contributed by atoms with van der Waals surface area (Å²) >= 11 is 0. The predicted octanol–water partition coefficient (Wildman–Crippen LogP) is 2.86. The zero-order valence-corrected chi connectivity index (χ0v) is 12.1. The highest BCUT2D eigenvalue weighted by Gasteiger charge is 2.52. The molecular formula is C15H23N3O. The fourth-order valence-corrected chi connectivity index (χ4v) is 2.22. The number of hydrogen-bond donors (Lipinski definition) is 2. The van der Waals surface area contributed by atoms with Crippen LogP contribution in [0.1, 0.15) is 27.2 Å². The molecular weight excluding hydrogens is 238 g/mol. The average molecular weight is 261 g/mol. The third-order valence-electron chi connectivity index (χ3n) is 4.19. The fraction of sp³-hybridized carbons (Fsp3) is 0.533. The number of benzene rings is 1. The minimum atomic E-state index is 0.306. The van der Waals surface area contributed by atoms with Crippen LogP contribution in [0.25, 0.3) is 0 Å². The summed E-state index contributed by atoms with van der Waals surface area (Å²) in [5.74, 6) is 1.91. The van der Waals surface area contributed by atoms with Crippen molar-refractivity contribution in [2.24, 2.45) is 22.1 Å². The quantitative estimate of drug-likeness (QED) is 0.647. The van der Waals surface area contributed by atoms with Gasteiger partial charge in [0.2, 0.25) is 0 Å². The van der Waals surface area contributed by atoms with E-state index in [9.17, 15) is 0 Å². The second-order valence-corrected chi connectivity index (χ2v) is 5.75. The first-order chi connectivity index (χ1) is 8.95. The molecule has 0 aliphatic heterocycles. The van der Waals surface area contributed by atoms with Crippen molar-refractivity contribution in [3.05, 3.63) is 24.3 Å². The Morgan fingerprint density at radius 1 is 1.53 bits per heavy atom. The fourth-order valence-electron chi connectivity index (χ4n) is 2.22. The molecule has 1 aromatic rings. The van der Waals surface area contributed by atoms with Crippen molar-refractivity contribution in [2.45, 2.75) is 33.2 Å². The lowest BCUT2D eigenvalue weighted by Gasteiger charge is -2.14. The van der Waals surface area contributed by atoms with Gasteiger partial charge in [0, 0.05) is 11.8 Å². The van der Waals surface area contributed by atoms with Crippen LogP contribution in [0.2, 0.25) is 0 Å². The SMILES string of the molecule is COc1cccc(NC(N)=NC2CC2(C)C(C)C)c1. The first kappa shape index (κ1) is 13.7. The molecule has 1 aliphatic carbocycles. The topological polar surface area (TPSA) is 59.6 Å². The molecule has 0 bridgehead atoms. The second kappa shape index (κ2) is 5.11. The van der Waals surface area contributed by atoms with Gasteiger partial charge in [0.1, 0.15) is 5.75 Å². The van der Waals surface area contributed by atoms with Crippen LogP contribution in [0.15, 0.2) is 29.3 Å². The van der Waals surface area contributed by atoms with E-state index < -0.39 is 0 Å². The van der Waals surface area contributed by atoms with Gasteiger partial charge in [-0.2, -0.15) is 0 Å². The second-order valence-electron chi connectivity index (χ2n) is 5.75. The van der Waals surface area contributed by atoms with Gasteiger partial charge in [-0.3, -0.25) is 0 Å². The van der Waals surface area contributed by atoms with Crippen molar-refractivity contribution in [3.8, 4) is 5.75 Å². The molecule has 0 heterocycles. The molecule has 4 heteroatoms. The van der Waals surface area contributed by atoms with Crippen LogP contribution in [0.5, 0.6) is 5.75 Å². The minimum Gasteiger partial charge on any atom is -0.497 e. The molecule has 2 unspecified atom stereocenters. The molecule has 3 N–H and O–H groups in total. The number of nitrogens with zero attached hydrogens (tertiary/aromatic N) is 1. The Hall–Kier alpha value is -1.71. The maximum atomic E-state index is 5.96. The molecule has 104 valence electrons. The van der Waals surface area contributed by atoms with Crippen molar-refractivity contribution in [1.29, 1.82) is 0 Å².